The Balaban J connectivity index is 1.62. The average molecular weight is 491 g/mol. The number of fused-ring (bicyclic) bond motifs is 1. The van der Waals surface area contributed by atoms with Gasteiger partial charge in [0.2, 0.25) is 5.91 Å². The Bertz CT molecular complexity index is 1300. The molecule has 0 aromatic heterocycles. The summed E-state index contributed by atoms with van der Waals surface area (Å²) in [5, 5.41) is 3.10. The molecule has 6 heteroatoms. The number of anilines is 1. The van der Waals surface area contributed by atoms with Crippen LogP contribution in [-0.4, -0.2) is 20.9 Å². The van der Waals surface area contributed by atoms with E-state index in [1.165, 1.54) is 28.3 Å². The number of rotatable bonds is 8. The van der Waals surface area contributed by atoms with Crippen molar-refractivity contribution in [2.45, 2.75) is 63.8 Å². The van der Waals surface area contributed by atoms with E-state index < -0.39 is 10.0 Å². The molecule has 3 aromatic rings. The highest BCUT2D eigenvalue weighted by molar-refractivity contribution is 7.92. The lowest BCUT2D eigenvalue weighted by molar-refractivity contribution is -0.120. The minimum atomic E-state index is -3.93. The first-order chi connectivity index (χ1) is 16.8. The Morgan fingerprint density at radius 1 is 0.943 bits per heavy atom. The van der Waals surface area contributed by atoms with Crippen LogP contribution in [0.2, 0.25) is 0 Å². The summed E-state index contributed by atoms with van der Waals surface area (Å²) in [6.45, 7) is 5.58. The predicted octanol–water partition coefficient (Wildman–Crippen LogP) is 5.65. The molecule has 1 aliphatic rings. The van der Waals surface area contributed by atoms with Gasteiger partial charge in [0.05, 0.1) is 16.6 Å². The van der Waals surface area contributed by atoms with Crippen molar-refractivity contribution in [2.75, 3.05) is 10.8 Å². The molecule has 1 atom stereocenters. The molecule has 3 aromatic carbocycles. The molecule has 0 radical (unpaired) electrons. The van der Waals surface area contributed by atoms with Gasteiger partial charge in [-0.05, 0) is 86.4 Å². The molecule has 1 aliphatic carbocycles. The normalized spacial score (nSPS) is 14.1. The topological polar surface area (TPSA) is 66.5 Å². The summed E-state index contributed by atoms with van der Waals surface area (Å²) in [5.74, 6) is -0.325. The van der Waals surface area contributed by atoms with Gasteiger partial charge in [0, 0.05) is 0 Å². The second-order valence-electron chi connectivity index (χ2n) is 9.38. The Labute approximate surface area is 209 Å². The third kappa shape index (κ3) is 5.59. The molecule has 1 amide bonds. The Kier molecular flexibility index (Phi) is 7.60. The fourth-order valence-corrected chi connectivity index (χ4v) is 6.37. The van der Waals surface area contributed by atoms with Gasteiger partial charge < -0.3 is 5.32 Å². The van der Waals surface area contributed by atoms with Crippen LogP contribution in [0.3, 0.4) is 0 Å². The van der Waals surface area contributed by atoms with Crippen LogP contribution in [0.15, 0.2) is 71.6 Å². The van der Waals surface area contributed by atoms with Gasteiger partial charge in [0.1, 0.15) is 6.54 Å². The van der Waals surface area contributed by atoms with Crippen LogP contribution >= 0.6 is 0 Å². The highest BCUT2D eigenvalue weighted by Gasteiger charge is 2.29. The average Bonchev–Trinajstić information content (AvgIpc) is 2.86. The maximum absolute atomic E-state index is 13.6. The zero-order valence-corrected chi connectivity index (χ0v) is 21.6. The molecule has 0 unspecified atom stereocenters. The highest BCUT2D eigenvalue weighted by Crippen LogP contribution is 2.29. The molecule has 4 rings (SSSR count). The first kappa shape index (κ1) is 25.0. The third-order valence-corrected chi connectivity index (χ3v) is 8.53. The van der Waals surface area contributed by atoms with E-state index in [0.29, 0.717) is 5.69 Å². The summed E-state index contributed by atoms with van der Waals surface area (Å²) in [5.41, 5.74) is 6.19. The number of hydrogen-bond donors (Lipinski definition) is 1. The molecule has 0 bridgehead atoms. The fraction of sp³-hybridized carbons (Fsp3) is 0.345. The van der Waals surface area contributed by atoms with Gasteiger partial charge in [0.25, 0.3) is 10.0 Å². The summed E-state index contributed by atoms with van der Waals surface area (Å²) >= 11 is 0. The van der Waals surface area contributed by atoms with Gasteiger partial charge in [-0.25, -0.2) is 8.42 Å². The second-order valence-corrected chi connectivity index (χ2v) is 11.2. The number of amides is 1. The standard InChI is InChI=1S/C29H34N2O3S/c1-4-27(25-16-15-23-10-8-9-11-24(23)19-25)30-29(32)20-31(28-17-14-21(2)18-22(28)3)35(33,34)26-12-6-5-7-13-26/h5-7,12-19,27H,4,8-11,20H2,1-3H3,(H,30,32)/t27-/m0/s1. The molecule has 35 heavy (non-hydrogen) atoms. The van der Waals surface area contributed by atoms with Gasteiger partial charge in [-0.2, -0.15) is 0 Å². The summed E-state index contributed by atoms with van der Waals surface area (Å²) in [4.78, 5) is 13.5. The van der Waals surface area contributed by atoms with Gasteiger partial charge in [-0.3, -0.25) is 9.10 Å². The number of hydrogen-bond acceptors (Lipinski definition) is 3. The largest absolute Gasteiger partial charge is 0.348 e. The van der Waals surface area contributed by atoms with E-state index in [1.54, 1.807) is 36.4 Å². The summed E-state index contributed by atoms with van der Waals surface area (Å²) in [6, 6.07) is 20.2. The van der Waals surface area contributed by atoms with E-state index in [2.05, 4.69) is 23.5 Å². The molecule has 1 N–H and O–H groups in total. The van der Waals surface area contributed by atoms with Crippen molar-refractivity contribution >= 4 is 21.6 Å². The maximum atomic E-state index is 13.6. The summed E-state index contributed by atoms with van der Waals surface area (Å²) in [7, 11) is -3.93. The minimum Gasteiger partial charge on any atom is -0.348 e. The Morgan fingerprint density at radius 3 is 2.34 bits per heavy atom. The Hall–Kier alpha value is -3.12. The molecule has 0 aliphatic heterocycles. The molecule has 0 saturated heterocycles. The van der Waals surface area contributed by atoms with Crippen LogP contribution in [0, 0.1) is 13.8 Å². The lowest BCUT2D eigenvalue weighted by Crippen LogP contribution is -2.42. The number of nitrogens with one attached hydrogen (secondary N) is 1. The van der Waals surface area contributed by atoms with Crippen LogP contribution < -0.4 is 9.62 Å². The molecular formula is C29H34N2O3S. The van der Waals surface area contributed by atoms with Gasteiger partial charge in [-0.15, -0.1) is 0 Å². The summed E-state index contributed by atoms with van der Waals surface area (Å²) < 4.78 is 28.5. The van der Waals surface area contributed by atoms with Crippen molar-refractivity contribution < 1.29 is 13.2 Å². The number of aryl methyl sites for hydroxylation is 4. The van der Waals surface area contributed by atoms with Crippen LogP contribution in [0.1, 0.15) is 60.0 Å². The van der Waals surface area contributed by atoms with E-state index in [0.717, 1.165) is 36.0 Å². The molecular weight excluding hydrogens is 456 g/mol. The zero-order chi connectivity index (χ0) is 25.0. The predicted molar refractivity (Wildman–Crippen MR) is 141 cm³/mol. The van der Waals surface area contributed by atoms with E-state index >= 15 is 0 Å². The quantitative estimate of drug-likeness (QED) is 0.444. The SMILES string of the molecule is CC[C@H](NC(=O)CN(c1ccc(C)cc1C)S(=O)(=O)c1ccccc1)c1ccc2c(c1)CCCC2. The van der Waals surface area contributed by atoms with Gasteiger partial charge in [0.15, 0.2) is 0 Å². The number of carbonyl (C=O) groups excluding carboxylic acids is 1. The maximum Gasteiger partial charge on any atom is 0.264 e. The van der Waals surface area contributed by atoms with Gasteiger partial charge >= 0.3 is 0 Å². The highest BCUT2D eigenvalue weighted by atomic mass is 32.2. The monoisotopic (exact) mass is 490 g/mol. The van der Waals surface area contributed by atoms with Crippen LogP contribution in [-0.2, 0) is 27.7 Å². The smallest absolute Gasteiger partial charge is 0.264 e. The second kappa shape index (κ2) is 10.6. The number of nitrogens with zero attached hydrogens (tertiary/aromatic N) is 1. The van der Waals surface area contributed by atoms with Crippen molar-refractivity contribution in [3.05, 3.63) is 94.5 Å². The van der Waals surface area contributed by atoms with Crippen molar-refractivity contribution in [3.63, 3.8) is 0 Å². The lowest BCUT2D eigenvalue weighted by Gasteiger charge is -2.27. The first-order valence-corrected chi connectivity index (χ1v) is 13.8. The molecule has 5 nitrogen and oxygen atoms in total. The van der Waals surface area contributed by atoms with Crippen molar-refractivity contribution in [3.8, 4) is 0 Å². The molecule has 0 spiro atoms. The van der Waals surface area contributed by atoms with Crippen molar-refractivity contribution in [2.24, 2.45) is 0 Å². The van der Waals surface area contributed by atoms with Crippen LogP contribution in [0.4, 0.5) is 5.69 Å². The van der Waals surface area contributed by atoms with Crippen molar-refractivity contribution in [1.82, 2.24) is 5.32 Å². The zero-order valence-electron chi connectivity index (χ0n) is 20.8. The Morgan fingerprint density at radius 2 is 1.66 bits per heavy atom. The van der Waals surface area contributed by atoms with E-state index in [1.807, 2.05) is 32.9 Å². The molecule has 184 valence electrons. The fourth-order valence-electron chi connectivity index (χ4n) is 4.87. The molecule has 0 heterocycles. The van der Waals surface area contributed by atoms with E-state index in [9.17, 15) is 13.2 Å². The number of sulfonamides is 1. The molecule has 0 saturated carbocycles. The van der Waals surface area contributed by atoms with Crippen LogP contribution in [0.25, 0.3) is 0 Å². The first-order valence-electron chi connectivity index (χ1n) is 12.4. The number of benzene rings is 3. The van der Waals surface area contributed by atoms with E-state index in [4.69, 9.17) is 0 Å². The summed E-state index contributed by atoms with van der Waals surface area (Å²) in [6.07, 6.45) is 5.33. The third-order valence-electron chi connectivity index (χ3n) is 6.76. The van der Waals surface area contributed by atoms with Gasteiger partial charge in [-0.1, -0.05) is 61.0 Å². The van der Waals surface area contributed by atoms with Crippen molar-refractivity contribution in [1.29, 1.82) is 0 Å². The number of carbonyl (C=O) groups is 1. The van der Waals surface area contributed by atoms with Crippen LogP contribution in [0.5, 0.6) is 0 Å². The lowest BCUT2D eigenvalue weighted by atomic mass is 9.89. The van der Waals surface area contributed by atoms with E-state index in [-0.39, 0.29) is 23.4 Å². The minimum absolute atomic E-state index is 0.162. The molecule has 0 fully saturated rings.